The van der Waals surface area contributed by atoms with E-state index >= 15 is 0 Å². The van der Waals surface area contributed by atoms with Crippen molar-refractivity contribution in [3.8, 4) is 0 Å². The fourth-order valence-corrected chi connectivity index (χ4v) is 3.67. The van der Waals surface area contributed by atoms with Gasteiger partial charge in [-0.1, -0.05) is 6.07 Å². The summed E-state index contributed by atoms with van der Waals surface area (Å²) in [5, 5.41) is 11.7. The fraction of sp³-hybridized carbons (Fsp3) is 0.467. The molecule has 0 aromatic heterocycles. The first kappa shape index (κ1) is 19.9. The van der Waals surface area contributed by atoms with Gasteiger partial charge in [0.05, 0.1) is 4.90 Å². The highest BCUT2D eigenvalue weighted by Gasteiger charge is 2.32. The predicted molar refractivity (Wildman–Crippen MR) is 90.4 cm³/mol. The quantitative estimate of drug-likeness (QED) is 0.695. The fourth-order valence-electron chi connectivity index (χ4n) is 2.04. The van der Waals surface area contributed by atoms with E-state index in [1.165, 1.54) is 26.0 Å². The lowest BCUT2D eigenvalue weighted by molar-refractivity contribution is -0.140. The van der Waals surface area contributed by atoms with Gasteiger partial charge in [0.2, 0.25) is 15.9 Å². The summed E-state index contributed by atoms with van der Waals surface area (Å²) in [6.07, 6.45) is 0. The van der Waals surface area contributed by atoms with Crippen LogP contribution in [0.4, 0.5) is 5.69 Å². The van der Waals surface area contributed by atoms with Gasteiger partial charge in [-0.05, 0) is 25.1 Å². The van der Waals surface area contributed by atoms with Gasteiger partial charge < -0.3 is 15.3 Å². The number of carbonyl (C=O) groups is 2. The Labute approximate surface area is 142 Å². The summed E-state index contributed by atoms with van der Waals surface area (Å²) < 4.78 is 26.6. The minimum Gasteiger partial charge on any atom is -0.480 e. The van der Waals surface area contributed by atoms with E-state index in [0.717, 1.165) is 4.31 Å². The van der Waals surface area contributed by atoms with Crippen LogP contribution in [0.3, 0.4) is 0 Å². The van der Waals surface area contributed by atoms with E-state index in [4.69, 9.17) is 0 Å². The van der Waals surface area contributed by atoms with E-state index < -0.39 is 22.0 Å². The highest BCUT2D eigenvalue weighted by atomic mass is 32.2. The number of carbonyl (C=O) groups excluding carboxylic acids is 1. The molecule has 24 heavy (non-hydrogen) atoms. The van der Waals surface area contributed by atoms with Gasteiger partial charge in [0.1, 0.15) is 6.04 Å². The summed E-state index contributed by atoms with van der Waals surface area (Å²) in [6, 6.07) is 4.99. The Bertz CT molecular complexity index is 703. The van der Waals surface area contributed by atoms with Crippen LogP contribution >= 0.6 is 0 Å². The van der Waals surface area contributed by atoms with E-state index in [1.54, 1.807) is 31.1 Å². The number of aliphatic carboxylic acids is 1. The summed E-state index contributed by atoms with van der Waals surface area (Å²) in [6.45, 7) is 2.49. The number of carboxylic acid groups (broad SMARTS) is 1. The number of benzene rings is 1. The Balaban J connectivity index is 3.20. The number of nitrogens with one attached hydrogen (secondary N) is 1. The maximum absolute atomic E-state index is 12.9. The number of hydrogen-bond acceptors (Lipinski definition) is 5. The lowest BCUT2D eigenvalue weighted by Crippen LogP contribution is -2.46. The van der Waals surface area contributed by atoms with Crippen LogP contribution in [0.1, 0.15) is 13.8 Å². The van der Waals surface area contributed by atoms with E-state index in [1.807, 2.05) is 0 Å². The predicted octanol–water partition coefficient (Wildman–Crippen LogP) is 0.353. The van der Waals surface area contributed by atoms with Crippen LogP contribution in [0, 0.1) is 0 Å². The molecule has 0 aliphatic heterocycles. The molecule has 9 heteroatoms. The van der Waals surface area contributed by atoms with Crippen molar-refractivity contribution in [3.05, 3.63) is 24.3 Å². The first-order valence-corrected chi connectivity index (χ1v) is 8.78. The third-order valence-corrected chi connectivity index (χ3v) is 5.40. The van der Waals surface area contributed by atoms with Crippen LogP contribution < -0.4 is 10.2 Å². The minimum absolute atomic E-state index is 0.00428. The zero-order valence-electron chi connectivity index (χ0n) is 14.2. The Morgan fingerprint density at radius 2 is 1.92 bits per heavy atom. The number of nitrogens with zero attached hydrogens (tertiary/aromatic N) is 2. The lowest BCUT2D eigenvalue weighted by atomic mass is 10.3. The van der Waals surface area contributed by atoms with Gasteiger partial charge in [0.15, 0.2) is 0 Å². The molecule has 134 valence electrons. The summed E-state index contributed by atoms with van der Waals surface area (Å²) in [5.74, 6) is -1.57. The number of anilines is 1. The topological polar surface area (TPSA) is 107 Å². The lowest BCUT2D eigenvalue weighted by Gasteiger charge is -2.26. The molecule has 1 aromatic rings. The van der Waals surface area contributed by atoms with Gasteiger partial charge in [-0.3, -0.25) is 9.59 Å². The molecule has 1 unspecified atom stereocenters. The summed E-state index contributed by atoms with van der Waals surface area (Å²) in [7, 11) is -0.469. The van der Waals surface area contributed by atoms with Crippen LogP contribution in [0.15, 0.2) is 29.2 Å². The second kappa shape index (κ2) is 8.11. The van der Waals surface area contributed by atoms with Crippen LogP contribution in [0.5, 0.6) is 0 Å². The van der Waals surface area contributed by atoms with Gasteiger partial charge >= 0.3 is 5.97 Å². The molecule has 0 radical (unpaired) electrons. The number of amides is 1. The van der Waals surface area contributed by atoms with Crippen LogP contribution in [-0.4, -0.2) is 62.9 Å². The van der Waals surface area contributed by atoms with Crippen molar-refractivity contribution in [2.75, 3.05) is 32.1 Å². The molecule has 1 amide bonds. The molecule has 0 heterocycles. The van der Waals surface area contributed by atoms with Gasteiger partial charge in [0, 0.05) is 39.8 Å². The van der Waals surface area contributed by atoms with Crippen molar-refractivity contribution in [2.45, 2.75) is 24.8 Å². The van der Waals surface area contributed by atoms with Crippen LogP contribution in [-0.2, 0) is 19.6 Å². The first-order valence-electron chi connectivity index (χ1n) is 7.34. The third-order valence-electron chi connectivity index (χ3n) is 3.44. The first-order chi connectivity index (χ1) is 11.1. The van der Waals surface area contributed by atoms with Crippen molar-refractivity contribution in [1.82, 2.24) is 9.62 Å². The van der Waals surface area contributed by atoms with E-state index in [0.29, 0.717) is 5.69 Å². The molecule has 0 aliphatic carbocycles. The third kappa shape index (κ3) is 4.93. The second-order valence-corrected chi connectivity index (χ2v) is 7.40. The number of sulfonamides is 1. The highest BCUT2D eigenvalue weighted by Crippen LogP contribution is 2.22. The Hall–Kier alpha value is -2.13. The SMILES string of the molecule is CC(=O)NCCN(C(C)C(=O)O)S(=O)(=O)c1cccc(N(C)C)c1. The van der Waals surface area contributed by atoms with Crippen molar-refractivity contribution in [3.63, 3.8) is 0 Å². The Kier molecular flexibility index (Phi) is 6.73. The Morgan fingerprint density at radius 3 is 2.42 bits per heavy atom. The van der Waals surface area contributed by atoms with Crippen LogP contribution in [0.2, 0.25) is 0 Å². The molecule has 2 N–H and O–H groups in total. The number of hydrogen-bond donors (Lipinski definition) is 2. The maximum atomic E-state index is 12.9. The van der Waals surface area contributed by atoms with Gasteiger partial charge in [-0.15, -0.1) is 0 Å². The smallest absolute Gasteiger partial charge is 0.321 e. The molecule has 1 rings (SSSR count). The van der Waals surface area contributed by atoms with Crippen molar-refractivity contribution in [2.24, 2.45) is 0 Å². The number of rotatable bonds is 8. The molecule has 1 aromatic carbocycles. The Morgan fingerprint density at radius 1 is 1.29 bits per heavy atom. The minimum atomic E-state index is -4.02. The molecule has 0 aliphatic rings. The normalized spacial score (nSPS) is 12.7. The van der Waals surface area contributed by atoms with E-state index in [2.05, 4.69) is 5.32 Å². The molecule has 1 atom stereocenters. The zero-order chi connectivity index (χ0) is 18.5. The van der Waals surface area contributed by atoms with Gasteiger partial charge in [-0.25, -0.2) is 8.42 Å². The van der Waals surface area contributed by atoms with Crippen molar-refractivity contribution >= 4 is 27.6 Å². The second-order valence-electron chi connectivity index (χ2n) is 5.50. The average Bonchev–Trinajstić information content (AvgIpc) is 2.50. The standard InChI is InChI=1S/C15H23N3O5S/c1-11(15(20)21)18(9-8-16-12(2)19)24(22,23)14-7-5-6-13(10-14)17(3)4/h5-7,10-11H,8-9H2,1-4H3,(H,16,19)(H,20,21). The van der Waals surface area contributed by atoms with Crippen molar-refractivity contribution < 1.29 is 23.1 Å². The highest BCUT2D eigenvalue weighted by molar-refractivity contribution is 7.89. The molecule has 0 saturated heterocycles. The van der Waals surface area contributed by atoms with Crippen LogP contribution in [0.25, 0.3) is 0 Å². The van der Waals surface area contributed by atoms with Gasteiger partial charge in [0.25, 0.3) is 0 Å². The number of carboxylic acids is 1. The molecule has 0 spiro atoms. The van der Waals surface area contributed by atoms with Crippen molar-refractivity contribution in [1.29, 1.82) is 0 Å². The van der Waals surface area contributed by atoms with E-state index in [9.17, 15) is 23.1 Å². The monoisotopic (exact) mass is 357 g/mol. The summed E-state index contributed by atoms with van der Waals surface area (Å²) in [5.41, 5.74) is 0.681. The molecular formula is C15H23N3O5S. The average molecular weight is 357 g/mol. The largest absolute Gasteiger partial charge is 0.480 e. The van der Waals surface area contributed by atoms with E-state index in [-0.39, 0.29) is 23.9 Å². The summed E-state index contributed by atoms with van der Waals surface area (Å²) >= 11 is 0. The molecule has 0 bridgehead atoms. The molecule has 8 nitrogen and oxygen atoms in total. The molecule has 0 fully saturated rings. The van der Waals surface area contributed by atoms with Gasteiger partial charge in [-0.2, -0.15) is 4.31 Å². The maximum Gasteiger partial charge on any atom is 0.321 e. The molecule has 0 saturated carbocycles. The zero-order valence-corrected chi connectivity index (χ0v) is 15.0. The summed E-state index contributed by atoms with van der Waals surface area (Å²) in [4.78, 5) is 24.0. The molecular weight excluding hydrogens is 334 g/mol.